The Balaban J connectivity index is 1.79. The molecule has 3 aromatic rings. The van der Waals surface area contributed by atoms with Crippen molar-refractivity contribution in [3.63, 3.8) is 0 Å². The van der Waals surface area contributed by atoms with Crippen LogP contribution in [0.25, 0.3) is 5.70 Å². The van der Waals surface area contributed by atoms with Gasteiger partial charge in [-0.3, -0.25) is 9.48 Å². The average molecular weight is 331 g/mol. The van der Waals surface area contributed by atoms with Gasteiger partial charge in [0.25, 0.3) is 5.56 Å². The maximum absolute atomic E-state index is 12.2. The van der Waals surface area contributed by atoms with E-state index in [4.69, 9.17) is 0 Å². The van der Waals surface area contributed by atoms with E-state index >= 15 is 0 Å². The molecule has 1 aliphatic heterocycles. The largest absolute Gasteiger partial charge is 0.301 e. The van der Waals surface area contributed by atoms with Crippen LogP contribution in [-0.2, 0) is 13.0 Å². The first kappa shape index (κ1) is 15.3. The molecule has 4 rings (SSSR count). The Morgan fingerprint density at radius 3 is 2.76 bits per heavy atom. The van der Waals surface area contributed by atoms with Crippen molar-refractivity contribution in [2.45, 2.75) is 19.9 Å². The van der Waals surface area contributed by atoms with Gasteiger partial charge in [-0.25, -0.2) is 4.99 Å². The number of benzene rings is 1. The van der Waals surface area contributed by atoms with Crippen LogP contribution in [0.3, 0.4) is 0 Å². The Bertz CT molecular complexity index is 1030. The molecular weight excluding hydrogens is 312 g/mol. The number of fused-ring (bicyclic) bond motifs is 1. The van der Waals surface area contributed by atoms with Crippen LogP contribution in [0.2, 0.25) is 0 Å². The topological polar surface area (TPSA) is 54.0 Å². The molecule has 25 heavy (non-hydrogen) atoms. The Morgan fingerprint density at radius 2 is 2.00 bits per heavy atom. The second kappa shape index (κ2) is 6.36. The minimum Gasteiger partial charge on any atom is -0.301 e. The average Bonchev–Trinajstić information content (AvgIpc) is 3.20. The van der Waals surface area contributed by atoms with Crippen LogP contribution in [0.5, 0.6) is 0 Å². The van der Waals surface area contributed by atoms with E-state index in [0.717, 1.165) is 23.3 Å². The molecule has 1 aliphatic rings. The van der Waals surface area contributed by atoms with Gasteiger partial charge in [-0.05, 0) is 19.1 Å². The Hall–Kier alpha value is -3.21. The second-order valence-electron chi connectivity index (χ2n) is 5.94. The number of nitrogens with zero attached hydrogens (tertiary/aromatic N) is 3. The van der Waals surface area contributed by atoms with Gasteiger partial charge in [-0.1, -0.05) is 24.3 Å². The number of H-pyrrole nitrogens is 1. The van der Waals surface area contributed by atoms with Gasteiger partial charge in [0.05, 0.1) is 12.0 Å². The summed E-state index contributed by atoms with van der Waals surface area (Å²) in [6, 6.07) is 16.5. The first-order chi connectivity index (χ1) is 12.3. The van der Waals surface area contributed by atoms with E-state index in [1.54, 1.807) is 6.20 Å². The normalized spacial score (nSPS) is 13.6. The smallest absolute Gasteiger partial charge is 0.292 e. The lowest BCUT2D eigenvalue weighted by Crippen LogP contribution is -2.33. The molecule has 0 bridgehead atoms. The molecule has 2 aromatic heterocycles. The van der Waals surface area contributed by atoms with Gasteiger partial charge in [0, 0.05) is 36.7 Å². The molecule has 0 aliphatic carbocycles. The summed E-state index contributed by atoms with van der Waals surface area (Å²) in [5.74, 6) is 0. The third-order valence-electron chi connectivity index (χ3n) is 4.41. The highest BCUT2D eigenvalue weighted by molar-refractivity contribution is 5.91. The van der Waals surface area contributed by atoms with Crippen LogP contribution in [0.1, 0.15) is 18.2 Å². The first-order valence-electron chi connectivity index (χ1n) is 8.38. The molecule has 0 unspecified atom stereocenters. The van der Waals surface area contributed by atoms with Crippen LogP contribution in [-0.4, -0.2) is 16.0 Å². The number of hydrogen-bond acceptors (Lipinski definition) is 2. The second-order valence-corrected chi connectivity index (χ2v) is 5.94. The zero-order chi connectivity index (χ0) is 17.2. The summed E-state index contributed by atoms with van der Waals surface area (Å²) in [5, 5.41) is 2.93. The maximum atomic E-state index is 12.2. The quantitative estimate of drug-likeness (QED) is 0.580. The van der Waals surface area contributed by atoms with Gasteiger partial charge in [0.2, 0.25) is 5.70 Å². The van der Waals surface area contributed by atoms with Crippen molar-refractivity contribution in [1.82, 2.24) is 9.78 Å². The Kier molecular flexibility index (Phi) is 3.90. The number of aromatic nitrogens is 3. The van der Waals surface area contributed by atoms with Crippen molar-refractivity contribution < 1.29 is 4.57 Å². The minimum absolute atomic E-state index is 0.0937. The van der Waals surface area contributed by atoms with Gasteiger partial charge in [0.1, 0.15) is 5.69 Å². The first-order valence-corrected chi connectivity index (χ1v) is 8.38. The molecule has 1 aromatic carbocycles. The third-order valence-corrected chi connectivity index (χ3v) is 4.41. The number of aromatic amines is 1. The van der Waals surface area contributed by atoms with Crippen LogP contribution >= 0.6 is 0 Å². The van der Waals surface area contributed by atoms with E-state index < -0.39 is 0 Å². The Morgan fingerprint density at radius 1 is 1.20 bits per heavy atom. The van der Waals surface area contributed by atoms with Crippen molar-refractivity contribution in [3.8, 4) is 0 Å². The van der Waals surface area contributed by atoms with Crippen LogP contribution < -0.4 is 10.1 Å². The summed E-state index contributed by atoms with van der Waals surface area (Å²) >= 11 is 0. The lowest BCUT2D eigenvalue weighted by atomic mass is 10.1. The molecule has 0 spiro atoms. The molecule has 0 saturated heterocycles. The zero-order valence-electron chi connectivity index (χ0n) is 14.0. The van der Waals surface area contributed by atoms with Crippen molar-refractivity contribution in [1.29, 1.82) is 0 Å². The molecule has 0 radical (unpaired) electrons. The van der Waals surface area contributed by atoms with Crippen LogP contribution in [0.15, 0.2) is 76.3 Å². The number of aryl methyl sites for hydroxylation is 1. The fourth-order valence-corrected chi connectivity index (χ4v) is 3.17. The fourth-order valence-electron chi connectivity index (χ4n) is 3.17. The van der Waals surface area contributed by atoms with Crippen molar-refractivity contribution in [2.75, 3.05) is 0 Å². The number of aliphatic imine (C=N–C) groups is 1. The number of allylic oxidation sites excluding steroid dienone is 1. The maximum Gasteiger partial charge on any atom is 0.292 e. The fraction of sp³-hybridized carbons (Fsp3) is 0.150. The number of hydrogen-bond donors (Lipinski definition) is 1. The molecule has 124 valence electrons. The molecule has 5 heteroatoms. The summed E-state index contributed by atoms with van der Waals surface area (Å²) in [6.07, 6.45) is 6.33. The van der Waals surface area contributed by atoms with Crippen LogP contribution in [0.4, 0.5) is 5.69 Å². The summed E-state index contributed by atoms with van der Waals surface area (Å²) < 4.78 is 3.73. The van der Waals surface area contributed by atoms with E-state index in [1.807, 2.05) is 43.5 Å². The van der Waals surface area contributed by atoms with Crippen LogP contribution in [0, 0.1) is 0 Å². The molecule has 1 N–H and O–H groups in total. The van der Waals surface area contributed by atoms with E-state index in [2.05, 4.69) is 39.1 Å². The lowest BCUT2D eigenvalue weighted by Gasteiger charge is -2.00. The van der Waals surface area contributed by atoms with Gasteiger partial charge in [-0.2, -0.15) is 4.57 Å². The summed E-state index contributed by atoms with van der Waals surface area (Å²) in [4.78, 5) is 16.6. The summed E-state index contributed by atoms with van der Waals surface area (Å²) in [7, 11) is 0. The number of rotatable bonds is 4. The summed E-state index contributed by atoms with van der Waals surface area (Å²) in [6.45, 7) is 2.53. The van der Waals surface area contributed by atoms with E-state index in [1.165, 1.54) is 10.4 Å². The minimum atomic E-state index is -0.0937. The van der Waals surface area contributed by atoms with E-state index in [-0.39, 0.29) is 5.56 Å². The molecule has 0 amide bonds. The highest BCUT2D eigenvalue weighted by Crippen LogP contribution is 2.23. The standard InChI is InChI=1S/C20H18N4O/c1-2-24-20(25)18(14-22-24)21-13-16-12-17-10-6-7-11-23(17)19(16)15-8-4-3-5-9-15/h3-11,13-14H,2,12H2,1H3/p+1. The molecule has 5 nitrogen and oxygen atoms in total. The van der Waals surface area contributed by atoms with Gasteiger partial charge in [0.15, 0.2) is 11.9 Å². The highest BCUT2D eigenvalue weighted by atomic mass is 16.1. The van der Waals surface area contributed by atoms with E-state index in [0.29, 0.717) is 12.2 Å². The van der Waals surface area contributed by atoms with Crippen molar-refractivity contribution >= 4 is 17.6 Å². The molecule has 0 atom stereocenters. The molecule has 3 heterocycles. The zero-order valence-corrected chi connectivity index (χ0v) is 14.0. The molecular formula is C20H19N4O+. The van der Waals surface area contributed by atoms with Crippen molar-refractivity contribution in [2.24, 2.45) is 4.99 Å². The summed E-state index contributed by atoms with van der Waals surface area (Å²) in [5.41, 5.74) is 4.90. The van der Waals surface area contributed by atoms with Gasteiger partial charge < -0.3 is 5.10 Å². The Labute approximate surface area is 145 Å². The van der Waals surface area contributed by atoms with Gasteiger partial charge in [-0.15, -0.1) is 0 Å². The SMILES string of the molecule is CCn1[nH]cc(N=CC2=C(c3ccccc3)[n+]3ccccc3C2)c1=O. The number of pyridine rings is 1. The predicted molar refractivity (Wildman–Crippen MR) is 98.0 cm³/mol. The third kappa shape index (κ3) is 2.74. The highest BCUT2D eigenvalue weighted by Gasteiger charge is 2.29. The van der Waals surface area contributed by atoms with Gasteiger partial charge >= 0.3 is 0 Å². The lowest BCUT2D eigenvalue weighted by molar-refractivity contribution is -0.582. The monoisotopic (exact) mass is 331 g/mol. The molecule has 0 saturated carbocycles. The van der Waals surface area contributed by atoms with E-state index in [9.17, 15) is 4.79 Å². The van der Waals surface area contributed by atoms with Crippen molar-refractivity contribution in [3.05, 3.63) is 88.1 Å². The predicted octanol–water partition coefficient (Wildman–Crippen LogP) is 2.70. The molecule has 0 fully saturated rings. The number of nitrogens with one attached hydrogen (secondary N) is 1.